The molecule has 19 heavy (non-hydrogen) atoms. The van der Waals surface area contributed by atoms with Gasteiger partial charge in [0.25, 0.3) is 0 Å². The van der Waals surface area contributed by atoms with Crippen LogP contribution in [-0.4, -0.2) is 33.1 Å². The van der Waals surface area contributed by atoms with E-state index >= 15 is 0 Å². The van der Waals surface area contributed by atoms with E-state index in [2.05, 4.69) is 29.4 Å². The Hall–Kier alpha value is -0.750. The second kappa shape index (κ2) is 8.43. The van der Waals surface area contributed by atoms with Crippen LogP contribution in [0.2, 0.25) is 0 Å². The first kappa shape index (κ1) is 16.3. The standard InChI is InChI=1S/C13H26N4OS/c1-5-8-14-11(4)7-6-9-19-13-16-15-12(18)17(13)10(2)3/h10-11,14H,5-9H2,1-4H3,(H,15,18). The number of rotatable bonds is 9. The van der Waals surface area contributed by atoms with Crippen molar-refractivity contribution in [2.45, 2.75) is 64.2 Å². The van der Waals surface area contributed by atoms with Crippen LogP contribution in [0, 0.1) is 0 Å². The predicted octanol–water partition coefficient (Wildman–Crippen LogP) is 2.41. The highest BCUT2D eigenvalue weighted by atomic mass is 32.2. The van der Waals surface area contributed by atoms with Crippen molar-refractivity contribution >= 4 is 11.8 Å². The lowest BCUT2D eigenvalue weighted by atomic mass is 10.2. The summed E-state index contributed by atoms with van der Waals surface area (Å²) in [4.78, 5) is 11.6. The molecule has 1 aromatic rings. The Morgan fingerprint density at radius 1 is 1.42 bits per heavy atom. The lowest BCUT2D eigenvalue weighted by Crippen LogP contribution is -2.26. The molecule has 0 saturated heterocycles. The van der Waals surface area contributed by atoms with Gasteiger partial charge in [0.1, 0.15) is 0 Å². The molecule has 1 unspecified atom stereocenters. The Labute approximate surface area is 119 Å². The van der Waals surface area contributed by atoms with E-state index in [-0.39, 0.29) is 11.7 Å². The Bertz CT molecular complexity index is 413. The Morgan fingerprint density at radius 2 is 2.16 bits per heavy atom. The van der Waals surface area contributed by atoms with E-state index in [1.807, 2.05) is 13.8 Å². The summed E-state index contributed by atoms with van der Waals surface area (Å²) in [5.41, 5.74) is -0.115. The van der Waals surface area contributed by atoms with E-state index in [4.69, 9.17) is 0 Å². The molecule has 0 saturated carbocycles. The molecule has 1 heterocycles. The molecule has 1 atom stereocenters. The summed E-state index contributed by atoms with van der Waals surface area (Å²) in [5, 5.41) is 10.9. The number of aromatic nitrogens is 3. The van der Waals surface area contributed by atoms with Gasteiger partial charge in [0.15, 0.2) is 5.16 Å². The lowest BCUT2D eigenvalue weighted by Gasteiger charge is -2.12. The summed E-state index contributed by atoms with van der Waals surface area (Å²) in [6, 6.07) is 0.714. The van der Waals surface area contributed by atoms with Gasteiger partial charge in [0.2, 0.25) is 0 Å². The van der Waals surface area contributed by atoms with Gasteiger partial charge in [-0.3, -0.25) is 4.57 Å². The molecule has 1 aromatic heterocycles. The largest absolute Gasteiger partial charge is 0.344 e. The lowest BCUT2D eigenvalue weighted by molar-refractivity contribution is 0.509. The van der Waals surface area contributed by atoms with Gasteiger partial charge in [-0.1, -0.05) is 18.7 Å². The van der Waals surface area contributed by atoms with Crippen LogP contribution in [0.5, 0.6) is 0 Å². The third-order valence-electron chi connectivity index (χ3n) is 2.94. The van der Waals surface area contributed by atoms with Crippen molar-refractivity contribution in [1.29, 1.82) is 0 Å². The van der Waals surface area contributed by atoms with Crippen molar-refractivity contribution in [2.75, 3.05) is 12.3 Å². The molecule has 0 radical (unpaired) electrons. The number of H-pyrrole nitrogens is 1. The van der Waals surface area contributed by atoms with Crippen LogP contribution in [-0.2, 0) is 0 Å². The molecule has 0 fully saturated rings. The zero-order valence-electron chi connectivity index (χ0n) is 12.4. The highest BCUT2D eigenvalue weighted by Gasteiger charge is 2.11. The van der Waals surface area contributed by atoms with E-state index in [1.54, 1.807) is 16.3 Å². The molecule has 5 nitrogen and oxygen atoms in total. The predicted molar refractivity (Wildman–Crippen MR) is 80.9 cm³/mol. The summed E-state index contributed by atoms with van der Waals surface area (Å²) in [6.45, 7) is 9.48. The molecule has 2 N–H and O–H groups in total. The van der Waals surface area contributed by atoms with Crippen molar-refractivity contribution in [1.82, 2.24) is 20.1 Å². The fourth-order valence-corrected chi connectivity index (χ4v) is 2.93. The topological polar surface area (TPSA) is 62.7 Å². The number of hydrogen-bond donors (Lipinski definition) is 2. The number of aromatic amines is 1. The molecule has 0 bridgehead atoms. The molecule has 0 spiro atoms. The van der Waals surface area contributed by atoms with E-state index in [9.17, 15) is 4.79 Å². The molecular weight excluding hydrogens is 260 g/mol. The molecule has 0 aliphatic heterocycles. The number of nitrogens with one attached hydrogen (secondary N) is 2. The van der Waals surface area contributed by atoms with Crippen molar-refractivity contribution in [3.8, 4) is 0 Å². The summed E-state index contributed by atoms with van der Waals surface area (Å²) in [5.74, 6) is 0.995. The number of hydrogen-bond acceptors (Lipinski definition) is 4. The van der Waals surface area contributed by atoms with Gasteiger partial charge in [-0.25, -0.2) is 9.89 Å². The van der Waals surface area contributed by atoms with Crippen molar-refractivity contribution in [3.05, 3.63) is 10.5 Å². The average Bonchev–Trinajstić information content (AvgIpc) is 2.73. The van der Waals surface area contributed by atoms with Gasteiger partial charge in [-0.05, 0) is 46.6 Å². The maximum atomic E-state index is 11.6. The Balaban J connectivity index is 2.32. The quantitative estimate of drug-likeness (QED) is 0.540. The van der Waals surface area contributed by atoms with Crippen LogP contribution in [0.1, 0.15) is 53.0 Å². The zero-order valence-corrected chi connectivity index (χ0v) is 13.2. The first-order valence-corrected chi connectivity index (χ1v) is 8.07. The fourth-order valence-electron chi connectivity index (χ4n) is 1.89. The third-order valence-corrected chi connectivity index (χ3v) is 3.98. The SMILES string of the molecule is CCCNC(C)CCCSc1n[nH]c(=O)n1C(C)C. The zero-order chi connectivity index (χ0) is 14.3. The van der Waals surface area contributed by atoms with Gasteiger partial charge in [-0.15, -0.1) is 5.10 Å². The van der Waals surface area contributed by atoms with Crippen LogP contribution < -0.4 is 11.0 Å². The molecule has 6 heteroatoms. The summed E-state index contributed by atoms with van der Waals surface area (Å²) < 4.78 is 1.71. The summed E-state index contributed by atoms with van der Waals surface area (Å²) in [7, 11) is 0. The van der Waals surface area contributed by atoms with Gasteiger partial charge in [0.05, 0.1) is 0 Å². The molecule has 1 rings (SSSR count). The third kappa shape index (κ3) is 5.40. The van der Waals surface area contributed by atoms with E-state index in [0.29, 0.717) is 6.04 Å². The van der Waals surface area contributed by atoms with Gasteiger partial charge >= 0.3 is 5.69 Å². The highest BCUT2D eigenvalue weighted by Crippen LogP contribution is 2.18. The molecule has 0 amide bonds. The van der Waals surface area contributed by atoms with Crippen LogP contribution in [0.15, 0.2) is 9.95 Å². The van der Waals surface area contributed by atoms with Gasteiger partial charge < -0.3 is 5.32 Å². The monoisotopic (exact) mass is 286 g/mol. The molecule has 0 aliphatic carbocycles. The average molecular weight is 286 g/mol. The minimum absolute atomic E-state index is 0.115. The van der Waals surface area contributed by atoms with E-state index in [0.717, 1.165) is 30.3 Å². The Kier molecular flexibility index (Phi) is 7.23. The van der Waals surface area contributed by atoms with Crippen LogP contribution in [0.25, 0.3) is 0 Å². The fraction of sp³-hybridized carbons (Fsp3) is 0.846. The van der Waals surface area contributed by atoms with Crippen LogP contribution in [0.3, 0.4) is 0 Å². The first-order valence-electron chi connectivity index (χ1n) is 7.09. The molecule has 110 valence electrons. The van der Waals surface area contributed by atoms with Gasteiger partial charge in [0, 0.05) is 17.8 Å². The highest BCUT2D eigenvalue weighted by molar-refractivity contribution is 7.99. The van der Waals surface area contributed by atoms with Gasteiger partial charge in [-0.2, -0.15) is 0 Å². The second-order valence-electron chi connectivity index (χ2n) is 5.12. The minimum Gasteiger partial charge on any atom is -0.314 e. The Morgan fingerprint density at radius 3 is 2.79 bits per heavy atom. The maximum Gasteiger partial charge on any atom is 0.344 e. The first-order chi connectivity index (χ1) is 9.06. The van der Waals surface area contributed by atoms with E-state index in [1.165, 1.54) is 6.42 Å². The molecular formula is C13H26N4OS. The van der Waals surface area contributed by atoms with E-state index < -0.39 is 0 Å². The number of nitrogens with zero attached hydrogens (tertiary/aromatic N) is 2. The summed E-state index contributed by atoms with van der Waals surface area (Å²) >= 11 is 1.65. The second-order valence-corrected chi connectivity index (χ2v) is 6.18. The van der Waals surface area contributed by atoms with Crippen molar-refractivity contribution < 1.29 is 0 Å². The smallest absolute Gasteiger partial charge is 0.314 e. The van der Waals surface area contributed by atoms with Crippen molar-refractivity contribution in [2.24, 2.45) is 0 Å². The normalized spacial score (nSPS) is 13.1. The van der Waals surface area contributed by atoms with Crippen molar-refractivity contribution in [3.63, 3.8) is 0 Å². The maximum absolute atomic E-state index is 11.6. The number of thioether (sulfide) groups is 1. The molecule has 0 aliphatic rings. The molecule has 0 aromatic carbocycles. The minimum atomic E-state index is -0.115. The van der Waals surface area contributed by atoms with Crippen LogP contribution >= 0.6 is 11.8 Å². The summed E-state index contributed by atoms with van der Waals surface area (Å²) in [6.07, 6.45) is 3.46. The van der Waals surface area contributed by atoms with Crippen LogP contribution in [0.4, 0.5) is 0 Å².